The Morgan fingerprint density at radius 1 is 1.24 bits per heavy atom. The summed E-state index contributed by atoms with van der Waals surface area (Å²) in [7, 11) is 0. The molecule has 0 bridgehead atoms. The number of aliphatic imine (C=N–C) groups is 1. The van der Waals surface area contributed by atoms with Gasteiger partial charge in [0.15, 0.2) is 0 Å². The minimum Gasteiger partial charge on any atom is -0.384 e. The summed E-state index contributed by atoms with van der Waals surface area (Å²) in [5, 5.41) is 3.48. The molecule has 0 fully saturated rings. The molecule has 90 valence electrons. The first kappa shape index (κ1) is 11.9. The minimum atomic E-state index is 0.990. The highest BCUT2D eigenvalue weighted by atomic mass is 14.9. The second-order valence-corrected chi connectivity index (χ2v) is 4.91. The number of benzene rings is 1. The monoisotopic (exact) mass is 228 g/mol. The van der Waals surface area contributed by atoms with Crippen LogP contribution in [0.5, 0.6) is 0 Å². The molecule has 1 N–H and O–H groups in total. The molecule has 1 aliphatic rings. The maximum Gasteiger partial charge on any atom is 0.0711 e. The van der Waals surface area contributed by atoms with Gasteiger partial charge in [-0.3, -0.25) is 4.99 Å². The van der Waals surface area contributed by atoms with E-state index in [9.17, 15) is 0 Å². The van der Waals surface area contributed by atoms with Gasteiger partial charge in [-0.2, -0.15) is 0 Å². The number of fused-ring (bicyclic) bond motifs is 1. The van der Waals surface area contributed by atoms with Gasteiger partial charge in [0.25, 0.3) is 0 Å². The van der Waals surface area contributed by atoms with Crippen LogP contribution in [0.15, 0.2) is 28.8 Å². The molecule has 1 aromatic rings. The average molecular weight is 228 g/mol. The zero-order valence-electron chi connectivity index (χ0n) is 11.1. The smallest absolute Gasteiger partial charge is 0.0711 e. The van der Waals surface area contributed by atoms with Crippen molar-refractivity contribution in [1.82, 2.24) is 0 Å². The summed E-state index contributed by atoms with van der Waals surface area (Å²) in [6.07, 6.45) is 1.06. The summed E-state index contributed by atoms with van der Waals surface area (Å²) in [6.45, 7) is 9.40. The first-order chi connectivity index (χ1) is 8.08. The van der Waals surface area contributed by atoms with E-state index in [0.29, 0.717) is 0 Å². The van der Waals surface area contributed by atoms with E-state index < -0.39 is 0 Å². The van der Waals surface area contributed by atoms with Crippen LogP contribution in [-0.2, 0) is 0 Å². The second-order valence-electron chi connectivity index (χ2n) is 4.91. The molecule has 0 spiro atoms. The lowest BCUT2D eigenvalue weighted by Gasteiger charge is -2.10. The van der Waals surface area contributed by atoms with Gasteiger partial charge in [0.2, 0.25) is 0 Å². The van der Waals surface area contributed by atoms with Crippen LogP contribution in [0.4, 0.5) is 5.69 Å². The molecule has 0 saturated heterocycles. The number of hydrogen-bond donors (Lipinski definition) is 1. The summed E-state index contributed by atoms with van der Waals surface area (Å²) in [4.78, 5) is 4.72. The Balaban J connectivity index is 2.62. The molecule has 1 aliphatic heterocycles. The first-order valence-electron chi connectivity index (χ1n) is 6.14. The highest BCUT2D eigenvalue weighted by molar-refractivity contribution is 5.89. The molecule has 0 radical (unpaired) electrons. The van der Waals surface area contributed by atoms with Crippen LogP contribution < -0.4 is 5.32 Å². The molecule has 2 nitrogen and oxygen atoms in total. The molecular formula is C15H20N2. The van der Waals surface area contributed by atoms with Gasteiger partial charge in [-0.05, 0) is 51.8 Å². The fraction of sp³-hybridized carbons (Fsp3) is 0.400. The summed E-state index contributed by atoms with van der Waals surface area (Å²) in [5.74, 6) is 0. The number of nitrogens with zero attached hydrogens (tertiary/aromatic N) is 1. The van der Waals surface area contributed by atoms with Gasteiger partial charge in [-0.1, -0.05) is 11.6 Å². The molecule has 2 rings (SSSR count). The van der Waals surface area contributed by atoms with Gasteiger partial charge in [-0.25, -0.2) is 0 Å². The van der Waals surface area contributed by atoms with Crippen molar-refractivity contribution in [3.63, 3.8) is 0 Å². The molecule has 0 atom stereocenters. The van der Waals surface area contributed by atoms with E-state index in [1.54, 1.807) is 0 Å². The number of hydrogen-bond acceptors (Lipinski definition) is 2. The maximum absolute atomic E-state index is 4.72. The predicted octanol–water partition coefficient (Wildman–Crippen LogP) is 4.02. The van der Waals surface area contributed by atoms with Crippen molar-refractivity contribution < 1.29 is 0 Å². The molecule has 0 aliphatic carbocycles. The van der Waals surface area contributed by atoms with Crippen molar-refractivity contribution in [1.29, 1.82) is 0 Å². The molecule has 17 heavy (non-hydrogen) atoms. The third-order valence-electron chi connectivity index (χ3n) is 2.99. The van der Waals surface area contributed by atoms with Gasteiger partial charge < -0.3 is 5.32 Å². The van der Waals surface area contributed by atoms with Gasteiger partial charge in [0, 0.05) is 23.5 Å². The normalized spacial score (nSPS) is 14.8. The van der Waals surface area contributed by atoms with Crippen molar-refractivity contribution in [3.05, 3.63) is 34.9 Å². The van der Waals surface area contributed by atoms with Crippen molar-refractivity contribution >= 4 is 17.1 Å². The fourth-order valence-electron chi connectivity index (χ4n) is 2.12. The Kier molecular flexibility index (Phi) is 3.32. The van der Waals surface area contributed by atoms with Crippen LogP contribution in [0.3, 0.4) is 0 Å². The zero-order valence-corrected chi connectivity index (χ0v) is 11.1. The largest absolute Gasteiger partial charge is 0.384 e. The molecular weight excluding hydrogens is 208 g/mol. The Hall–Kier alpha value is -1.57. The van der Waals surface area contributed by atoms with Crippen molar-refractivity contribution in [2.45, 2.75) is 34.1 Å². The average Bonchev–Trinajstić information content (AvgIpc) is 2.40. The van der Waals surface area contributed by atoms with E-state index in [-0.39, 0.29) is 0 Å². The van der Waals surface area contributed by atoms with Crippen LogP contribution in [0, 0.1) is 6.92 Å². The number of rotatable bonds is 1. The lowest BCUT2D eigenvalue weighted by atomic mass is 10.0. The molecule has 0 saturated carbocycles. The van der Waals surface area contributed by atoms with Gasteiger partial charge in [0.1, 0.15) is 0 Å². The van der Waals surface area contributed by atoms with E-state index in [1.165, 1.54) is 22.4 Å². The van der Waals surface area contributed by atoms with Crippen molar-refractivity contribution in [2.75, 3.05) is 11.9 Å². The Bertz CT molecular complexity index is 492. The van der Waals surface area contributed by atoms with E-state index >= 15 is 0 Å². The SMILES string of the molecule is CC(C)=NC1=C(C)CCNc2ccc(C)cc21. The summed E-state index contributed by atoms with van der Waals surface area (Å²) >= 11 is 0. The second kappa shape index (κ2) is 4.74. The maximum atomic E-state index is 4.72. The van der Waals surface area contributed by atoms with E-state index in [0.717, 1.165) is 24.4 Å². The molecule has 1 heterocycles. The van der Waals surface area contributed by atoms with Crippen molar-refractivity contribution in [2.24, 2.45) is 4.99 Å². The lowest BCUT2D eigenvalue weighted by Crippen LogP contribution is -2.00. The fourth-order valence-corrected chi connectivity index (χ4v) is 2.12. The molecule has 2 heteroatoms. The third kappa shape index (κ3) is 2.57. The van der Waals surface area contributed by atoms with Gasteiger partial charge >= 0.3 is 0 Å². The quantitative estimate of drug-likeness (QED) is 0.721. The summed E-state index contributed by atoms with van der Waals surface area (Å²) in [6, 6.07) is 6.52. The van der Waals surface area contributed by atoms with Crippen LogP contribution >= 0.6 is 0 Å². The Labute approximate surface area is 103 Å². The first-order valence-corrected chi connectivity index (χ1v) is 6.14. The van der Waals surface area contributed by atoms with E-state index in [1.807, 2.05) is 13.8 Å². The molecule has 0 amide bonds. The van der Waals surface area contributed by atoms with Gasteiger partial charge in [0.05, 0.1) is 5.70 Å². The number of aryl methyl sites for hydroxylation is 1. The summed E-state index contributed by atoms with van der Waals surface area (Å²) in [5.41, 5.74) is 7.33. The molecule has 0 unspecified atom stereocenters. The van der Waals surface area contributed by atoms with Crippen LogP contribution in [0.2, 0.25) is 0 Å². The van der Waals surface area contributed by atoms with Crippen LogP contribution in [0.1, 0.15) is 38.3 Å². The Morgan fingerprint density at radius 2 is 2.00 bits per heavy atom. The van der Waals surface area contributed by atoms with Crippen LogP contribution in [-0.4, -0.2) is 12.3 Å². The highest BCUT2D eigenvalue weighted by Crippen LogP contribution is 2.32. The van der Waals surface area contributed by atoms with Crippen LogP contribution in [0.25, 0.3) is 5.70 Å². The predicted molar refractivity (Wildman–Crippen MR) is 75.7 cm³/mol. The zero-order chi connectivity index (χ0) is 12.4. The Morgan fingerprint density at radius 3 is 2.71 bits per heavy atom. The van der Waals surface area contributed by atoms with Crippen molar-refractivity contribution in [3.8, 4) is 0 Å². The molecule has 1 aromatic carbocycles. The van der Waals surface area contributed by atoms with E-state index in [2.05, 4.69) is 37.4 Å². The summed E-state index contributed by atoms with van der Waals surface area (Å²) < 4.78 is 0. The van der Waals surface area contributed by atoms with E-state index in [4.69, 9.17) is 4.99 Å². The molecule has 0 aromatic heterocycles. The lowest BCUT2D eigenvalue weighted by molar-refractivity contribution is 1.01. The standard InChI is InChI=1S/C15H20N2/c1-10(2)17-15-12(4)7-8-16-14-6-5-11(3)9-13(14)15/h5-6,9,16H,7-8H2,1-4H3. The van der Waals surface area contributed by atoms with Gasteiger partial charge in [-0.15, -0.1) is 0 Å². The number of anilines is 1. The number of nitrogens with one attached hydrogen (secondary N) is 1. The highest BCUT2D eigenvalue weighted by Gasteiger charge is 2.14. The minimum absolute atomic E-state index is 0.990. The topological polar surface area (TPSA) is 24.4 Å². The third-order valence-corrected chi connectivity index (χ3v) is 2.99.